The zero-order chi connectivity index (χ0) is 16.4. The molecular weight excluding hydrogens is 419 g/mol. The lowest BCUT2D eigenvalue weighted by Crippen LogP contribution is -2.41. The number of nitrogens with zero attached hydrogens (tertiary/aromatic N) is 5. The van der Waals surface area contributed by atoms with Crippen molar-refractivity contribution in [3.63, 3.8) is 0 Å². The summed E-state index contributed by atoms with van der Waals surface area (Å²) < 4.78 is 7.72. The first kappa shape index (κ1) is 19.3. The van der Waals surface area contributed by atoms with E-state index in [0.717, 1.165) is 50.4 Å². The summed E-state index contributed by atoms with van der Waals surface area (Å²) in [5.74, 6) is 1.93. The van der Waals surface area contributed by atoms with Crippen molar-refractivity contribution >= 4 is 35.9 Å². The normalized spacial score (nSPS) is 23.7. The second-order valence-electron chi connectivity index (χ2n) is 6.88. The van der Waals surface area contributed by atoms with Crippen LogP contribution in [0.2, 0.25) is 0 Å². The molecule has 1 aromatic rings. The Labute approximate surface area is 161 Å². The third kappa shape index (κ3) is 3.79. The van der Waals surface area contributed by atoms with Crippen LogP contribution < -0.4 is 10.2 Å². The van der Waals surface area contributed by atoms with Gasteiger partial charge in [0.15, 0.2) is 5.96 Å². The third-order valence-corrected chi connectivity index (χ3v) is 5.02. The van der Waals surface area contributed by atoms with Crippen LogP contribution in [0.4, 0.5) is 5.95 Å². The molecule has 7 nitrogen and oxygen atoms in total. The van der Waals surface area contributed by atoms with E-state index in [9.17, 15) is 0 Å². The van der Waals surface area contributed by atoms with E-state index in [4.69, 9.17) is 4.74 Å². The highest BCUT2D eigenvalue weighted by atomic mass is 127. The molecule has 0 saturated carbocycles. The molecule has 1 N–H and O–H groups in total. The van der Waals surface area contributed by atoms with Crippen LogP contribution in [0.3, 0.4) is 0 Å². The van der Waals surface area contributed by atoms with Crippen LogP contribution in [-0.4, -0.2) is 67.9 Å². The fourth-order valence-electron chi connectivity index (χ4n) is 3.60. The molecule has 2 aliphatic rings. The minimum absolute atomic E-state index is 0. The van der Waals surface area contributed by atoms with E-state index in [1.165, 1.54) is 12.8 Å². The molecule has 0 aliphatic carbocycles. The van der Waals surface area contributed by atoms with Gasteiger partial charge in [-0.25, -0.2) is 4.98 Å². The molecule has 24 heavy (non-hydrogen) atoms. The predicted molar refractivity (Wildman–Crippen MR) is 107 cm³/mol. The van der Waals surface area contributed by atoms with Gasteiger partial charge in [0.1, 0.15) is 0 Å². The summed E-state index contributed by atoms with van der Waals surface area (Å²) in [5, 5.41) is 3.48. The number of hydrogen-bond donors (Lipinski definition) is 1. The smallest absolute Gasteiger partial charge is 0.204 e. The Morgan fingerprint density at radius 1 is 1.46 bits per heavy atom. The van der Waals surface area contributed by atoms with Gasteiger partial charge in [-0.3, -0.25) is 4.99 Å². The standard InChI is InChI=1S/C16H28N6O.HI/c1-17-14(22-7-5-16(11-22)6-8-23-12-16)18-9-13-10-19-15(20(2)3)21(13)4;/h10H,5-9,11-12H2,1-4H3,(H,17,18);1H. The molecule has 0 aromatic carbocycles. The number of nitrogens with one attached hydrogen (secondary N) is 1. The minimum Gasteiger partial charge on any atom is -0.381 e. The van der Waals surface area contributed by atoms with Crippen LogP contribution >= 0.6 is 24.0 Å². The molecule has 0 amide bonds. The number of likely N-dealkylation sites (tertiary alicyclic amines) is 1. The number of imidazole rings is 1. The summed E-state index contributed by atoms with van der Waals surface area (Å²) in [4.78, 5) is 13.3. The summed E-state index contributed by atoms with van der Waals surface area (Å²) in [6.07, 6.45) is 4.30. The van der Waals surface area contributed by atoms with Gasteiger partial charge < -0.3 is 24.4 Å². The Balaban J connectivity index is 0.00000208. The van der Waals surface area contributed by atoms with Crippen molar-refractivity contribution in [2.75, 3.05) is 52.3 Å². The second-order valence-corrected chi connectivity index (χ2v) is 6.88. The molecule has 0 radical (unpaired) electrons. The Bertz CT molecular complexity index is 579. The van der Waals surface area contributed by atoms with Crippen LogP contribution in [0.25, 0.3) is 0 Å². The summed E-state index contributed by atoms with van der Waals surface area (Å²) in [5.41, 5.74) is 1.50. The largest absolute Gasteiger partial charge is 0.381 e. The average molecular weight is 448 g/mol. The number of rotatable bonds is 3. The Kier molecular flexibility index (Phi) is 6.35. The van der Waals surface area contributed by atoms with Crippen LogP contribution in [0, 0.1) is 5.41 Å². The molecule has 2 saturated heterocycles. The highest BCUT2D eigenvalue weighted by Crippen LogP contribution is 2.38. The van der Waals surface area contributed by atoms with Crippen molar-refractivity contribution in [2.24, 2.45) is 17.5 Å². The molecule has 1 spiro atoms. The Morgan fingerprint density at radius 3 is 2.83 bits per heavy atom. The average Bonchev–Trinajstić information content (AvgIpc) is 3.23. The van der Waals surface area contributed by atoms with E-state index >= 15 is 0 Å². The van der Waals surface area contributed by atoms with Gasteiger partial charge in [0.05, 0.1) is 25.0 Å². The summed E-state index contributed by atoms with van der Waals surface area (Å²) in [6.45, 7) is 4.62. The van der Waals surface area contributed by atoms with Gasteiger partial charge >= 0.3 is 0 Å². The number of anilines is 1. The van der Waals surface area contributed by atoms with Crippen molar-refractivity contribution in [1.82, 2.24) is 19.8 Å². The quantitative estimate of drug-likeness (QED) is 0.429. The number of halogens is 1. The molecule has 1 atom stereocenters. The third-order valence-electron chi connectivity index (χ3n) is 5.02. The van der Waals surface area contributed by atoms with Crippen molar-refractivity contribution in [3.8, 4) is 0 Å². The zero-order valence-electron chi connectivity index (χ0n) is 15.1. The molecule has 1 unspecified atom stereocenters. The highest BCUT2D eigenvalue weighted by molar-refractivity contribution is 14.0. The van der Waals surface area contributed by atoms with Crippen LogP contribution in [0.1, 0.15) is 18.5 Å². The molecule has 1 aromatic heterocycles. The van der Waals surface area contributed by atoms with Gasteiger partial charge in [-0.05, 0) is 12.8 Å². The maximum Gasteiger partial charge on any atom is 0.204 e. The van der Waals surface area contributed by atoms with Gasteiger partial charge in [0.2, 0.25) is 5.95 Å². The molecule has 8 heteroatoms. The molecular formula is C16H29IN6O. The van der Waals surface area contributed by atoms with E-state index in [1.54, 1.807) is 0 Å². The SMILES string of the molecule is CN=C(NCc1cnc(N(C)C)n1C)N1CCC2(CCOC2)C1.I. The molecule has 0 bridgehead atoms. The minimum atomic E-state index is 0. The Morgan fingerprint density at radius 2 is 2.25 bits per heavy atom. The van der Waals surface area contributed by atoms with Crippen molar-refractivity contribution in [3.05, 3.63) is 11.9 Å². The maximum absolute atomic E-state index is 5.61. The molecule has 3 heterocycles. The number of aliphatic imine (C=N–C) groups is 1. The highest BCUT2D eigenvalue weighted by Gasteiger charge is 2.42. The van der Waals surface area contributed by atoms with Crippen LogP contribution in [-0.2, 0) is 18.3 Å². The lowest BCUT2D eigenvalue weighted by atomic mass is 9.87. The zero-order valence-corrected chi connectivity index (χ0v) is 17.4. The fraction of sp³-hybridized carbons (Fsp3) is 0.750. The van der Waals surface area contributed by atoms with Gasteiger partial charge in [-0.15, -0.1) is 24.0 Å². The van der Waals surface area contributed by atoms with E-state index < -0.39 is 0 Å². The van der Waals surface area contributed by atoms with Gasteiger partial charge in [0, 0.05) is 53.3 Å². The summed E-state index contributed by atoms with van der Waals surface area (Å²) in [6, 6.07) is 0. The topological polar surface area (TPSA) is 57.9 Å². The summed E-state index contributed by atoms with van der Waals surface area (Å²) >= 11 is 0. The van der Waals surface area contributed by atoms with Crippen molar-refractivity contribution in [2.45, 2.75) is 19.4 Å². The number of aromatic nitrogens is 2. The molecule has 2 fully saturated rings. The second kappa shape index (κ2) is 7.90. The van der Waals surface area contributed by atoms with Crippen LogP contribution in [0.15, 0.2) is 11.2 Å². The fourth-order valence-corrected chi connectivity index (χ4v) is 3.60. The van der Waals surface area contributed by atoms with Crippen molar-refractivity contribution < 1.29 is 4.74 Å². The van der Waals surface area contributed by atoms with Gasteiger partial charge in [0.25, 0.3) is 0 Å². The predicted octanol–water partition coefficient (Wildman–Crippen LogP) is 1.29. The number of guanidine groups is 1. The van der Waals surface area contributed by atoms with Gasteiger partial charge in [-0.1, -0.05) is 0 Å². The number of ether oxygens (including phenoxy) is 1. The lowest BCUT2D eigenvalue weighted by Gasteiger charge is -2.25. The van der Waals surface area contributed by atoms with E-state index in [-0.39, 0.29) is 24.0 Å². The first-order valence-corrected chi connectivity index (χ1v) is 8.26. The monoisotopic (exact) mass is 448 g/mol. The molecule has 3 rings (SSSR count). The first-order chi connectivity index (χ1) is 11.0. The summed E-state index contributed by atoms with van der Waals surface area (Å²) in [7, 11) is 7.91. The number of hydrogen-bond acceptors (Lipinski definition) is 4. The van der Waals surface area contributed by atoms with Crippen molar-refractivity contribution in [1.29, 1.82) is 0 Å². The Hall–Kier alpha value is -1.03. The lowest BCUT2D eigenvalue weighted by molar-refractivity contribution is 0.156. The maximum atomic E-state index is 5.61. The van der Waals surface area contributed by atoms with E-state index in [0.29, 0.717) is 5.41 Å². The van der Waals surface area contributed by atoms with Crippen LogP contribution in [0.5, 0.6) is 0 Å². The first-order valence-electron chi connectivity index (χ1n) is 8.26. The van der Waals surface area contributed by atoms with Gasteiger partial charge in [-0.2, -0.15) is 0 Å². The van der Waals surface area contributed by atoms with E-state index in [1.807, 2.05) is 39.3 Å². The van der Waals surface area contributed by atoms with E-state index in [2.05, 4.69) is 24.8 Å². The molecule has 136 valence electrons. The molecule has 2 aliphatic heterocycles.